The average molecular weight is 918 g/mol. The van der Waals surface area contributed by atoms with E-state index in [2.05, 4.69) is 47.9 Å². The lowest BCUT2D eigenvalue weighted by molar-refractivity contribution is -0.135. The molecule has 26 nitrogen and oxygen atoms in total. The molecule has 7 amide bonds. The fourth-order valence-corrected chi connectivity index (χ4v) is 6.44. The summed E-state index contributed by atoms with van der Waals surface area (Å²) >= 11 is 0. The highest BCUT2D eigenvalue weighted by atomic mass is 16.2. The third kappa shape index (κ3) is 29.3. The zero-order valence-corrected chi connectivity index (χ0v) is 37.7. The van der Waals surface area contributed by atoms with E-state index in [0.29, 0.717) is 84.1 Å². The van der Waals surface area contributed by atoms with Crippen LogP contribution in [-0.2, 0) is 33.6 Å². The van der Waals surface area contributed by atoms with Gasteiger partial charge in [0.1, 0.15) is 55.1 Å². The maximum atomic E-state index is 14.2. The van der Waals surface area contributed by atoms with E-state index in [1.807, 2.05) is 0 Å². The van der Waals surface area contributed by atoms with Gasteiger partial charge in [0.25, 0.3) is 0 Å². The maximum Gasteiger partial charge on any atom is 0.243 e. The van der Waals surface area contributed by atoms with Crippen LogP contribution >= 0.6 is 0 Å². The molecule has 29 N–H and O–H groups in total. The van der Waals surface area contributed by atoms with Gasteiger partial charge in [-0.25, -0.2) is 0 Å². The Bertz CT molecular complexity index is 1360. The second-order valence-corrected chi connectivity index (χ2v) is 15.7. The van der Waals surface area contributed by atoms with Crippen LogP contribution in [0.5, 0.6) is 0 Å². The van der Waals surface area contributed by atoms with Crippen LogP contribution in [0.2, 0.25) is 0 Å². The third-order valence-electron chi connectivity index (χ3n) is 9.88. The summed E-state index contributed by atoms with van der Waals surface area (Å²) in [6.07, 6.45) is 2.38. The molecule has 0 spiro atoms. The number of amides is 7. The van der Waals surface area contributed by atoms with Gasteiger partial charge < -0.3 is 89.2 Å². The number of primary amides is 1. The summed E-state index contributed by atoms with van der Waals surface area (Å²) in [5, 5.41) is 24.7. The Labute approximate surface area is 377 Å². The van der Waals surface area contributed by atoms with Gasteiger partial charge in [0, 0.05) is 6.92 Å². The van der Waals surface area contributed by atoms with Gasteiger partial charge in [-0.2, -0.15) is 0 Å². The quantitative estimate of drug-likeness (QED) is 0.0201. The number of nitrogens with two attached hydrogens (primary N) is 10. The van der Waals surface area contributed by atoms with Crippen molar-refractivity contribution in [3.05, 3.63) is 0 Å². The van der Waals surface area contributed by atoms with E-state index in [9.17, 15) is 33.6 Å². The van der Waals surface area contributed by atoms with Gasteiger partial charge in [-0.3, -0.25) is 49.5 Å². The second kappa shape index (κ2) is 36.1. The highest BCUT2D eigenvalue weighted by Gasteiger charge is 2.33. The number of carbonyl (C=O) groups excluding carboxylic acids is 7. The zero-order chi connectivity index (χ0) is 48.5. The minimum atomic E-state index is -1.24. The first-order chi connectivity index (χ1) is 30.4. The summed E-state index contributed by atoms with van der Waals surface area (Å²) in [6, 6.07) is -6.81. The first-order valence-corrected chi connectivity index (χ1v) is 22.3. The predicted octanol–water partition coefficient (Wildman–Crippen LogP) is -7.50. The molecular formula is C38H83N19O7. The normalized spacial score (nSPS) is 14.3. The van der Waals surface area contributed by atoms with Gasteiger partial charge in [-0.05, 0) is 136 Å². The van der Waals surface area contributed by atoms with Crippen molar-refractivity contribution in [1.29, 1.82) is 0 Å². The van der Waals surface area contributed by atoms with Crippen LogP contribution in [0.1, 0.15) is 103 Å². The number of unbranched alkanes of at least 4 members (excludes halogenated alkanes) is 3. The van der Waals surface area contributed by atoms with Gasteiger partial charge in [0.15, 0.2) is 0 Å². The number of hydrogen-bond acceptors (Lipinski definition) is 19. The molecule has 6 atom stereocenters. The Morgan fingerprint density at radius 2 is 0.594 bits per heavy atom. The lowest BCUT2D eigenvalue weighted by Gasteiger charge is -2.28. The van der Waals surface area contributed by atoms with E-state index in [0.717, 1.165) is 0 Å². The van der Waals surface area contributed by atoms with E-state index < -0.39 is 96.5 Å². The summed E-state index contributed by atoms with van der Waals surface area (Å²) in [7, 11) is 0. The molecule has 0 aliphatic rings. The van der Waals surface area contributed by atoms with Gasteiger partial charge in [0.2, 0.25) is 41.4 Å². The minimum absolute atomic E-state index is 0.0434. The summed E-state index contributed by atoms with van der Waals surface area (Å²) in [5.74, 6) is -4.67. The minimum Gasteiger partial charge on any atom is -0.368 e. The largest absolute Gasteiger partial charge is 0.368 e. The average Bonchev–Trinajstić information content (AvgIpc) is 3.22. The summed E-state index contributed by atoms with van der Waals surface area (Å²) in [4.78, 5) is 93.7. The fourth-order valence-electron chi connectivity index (χ4n) is 6.44. The monoisotopic (exact) mass is 918 g/mol. The van der Waals surface area contributed by atoms with Crippen molar-refractivity contribution in [3.63, 3.8) is 0 Å². The Kier molecular flexibility index (Phi) is 33.7. The van der Waals surface area contributed by atoms with Crippen LogP contribution in [0.3, 0.4) is 0 Å². The van der Waals surface area contributed by atoms with E-state index >= 15 is 0 Å². The van der Waals surface area contributed by atoms with E-state index in [1.54, 1.807) is 0 Å². The van der Waals surface area contributed by atoms with Crippen LogP contribution in [-0.4, -0.2) is 136 Å². The highest BCUT2D eigenvalue weighted by molar-refractivity contribution is 5.96. The smallest absolute Gasteiger partial charge is 0.243 e. The Balaban J connectivity index is 6.59. The molecule has 0 aromatic heterocycles. The number of rotatable bonds is 39. The van der Waals surface area contributed by atoms with Crippen molar-refractivity contribution in [2.24, 2.45) is 57.3 Å². The van der Waals surface area contributed by atoms with Crippen molar-refractivity contribution >= 4 is 41.4 Å². The van der Waals surface area contributed by atoms with Crippen molar-refractivity contribution in [2.75, 3.05) is 39.3 Å². The standard InChI is InChI=1S/C38H83N19O7/c1-23(58)52-25(11-2-5-17-39)31(60)56-28(15-9-21-50-37(45)46)34(63)55-27(13-4-7-19-41)33(62)57-29(16-10-22-51-38(47)48)35(64)54-26(12-3-6-18-40)32(61)53-24(30(42)59)14-8-20-49-36(43)44/h24-29,36-38,49-51H,2-22,39-41,43-48H2,1H3,(H2,42,59)(H,52,58)(H,53,61)(H,54,64)(H,55,63)(H,56,60)(H,57,62)/t24?,25-,26-,27-,28?,29?/m0/s1. The zero-order valence-electron chi connectivity index (χ0n) is 37.7. The molecule has 64 heavy (non-hydrogen) atoms. The Hall–Kier alpha value is -4.19. The molecule has 0 bridgehead atoms. The number of nitrogens with one attached hydrogen (secondary N) is 9. The molecule has 0 aromatic carbocycles. The van der Waals surface area contributed by atoms with Gasteiger partial charge in [-0.15, -0.1) is 0 Å². The Morgan fingerprint density at radius 1 is 0.359 bits per heavy atom. The molecule has 0 aromatic rings. The predicted molar refractivity (Wildman–Crippen MR) is 243 cm³/mol. The van der Waals surface area contributed by atoms with Crippen molar-refractivity contribution < 1.29 is 33.6 Å². The van der Waals surface area contributed by atoms with Crippen molar-refractivity contribution in [3.8, 4) is 0 Å². The molecule has 0 heterocycles. The highest BCUT2D eigenvalue weighted by Crippen LogP contribution is 2.10. The molecule has 0 rings (SSSR count). The van der Waals surface area contributed by atoms with Crippen LogP contribution in [0.25, 0.3) is 0 Å². The van der Waals surface area contributed by atoms with Crippen LogP contribution in [0.15, 0.2) is 0 Å². The molecule has 0 saturated carbocycles. The maximum absolute atomic E-state index is 14.2. The molecule has 0 aliphatic carbocycles. The molecule has 0 fully saturated rings. The summed E-state index contributed by atoms with van der Waals surface area (Å²) < 4.78 is 0. The molecule has 26 heteroatoms. The SMILES string of the molecule is CC(=O)N[C@@H](CCCCN)C(=O)NC(CCCNC(N)N)C(=O)N[C@@H](CCCCN)C(=O)NC(CCCNC(N)N)C(=O)N[C@@H](CCCCN)C(=O)NC(CCCNC(N)N)C(N)=O. The van der Waals surface area contributed by atoms with E-state index in [-0.39, 0.29) is 51.5 Å². The van der Waals surface area contributed by atoms with Crippen molar-refractivity contribution in [1.82, 2.24) is 47.9 Å². The molecule has 0 radical (unpaired) electrons. The second-order valence-electron chi connectivity index (χ2n) is 15.7. The fraction of sp³-hybridized carbons (Fsp3) is 0.816. The lowest BCUT2D eigenvalue weighted by atomic mass is 10.0. The third-order valence-corrected chi connectivity index (χ3v) is 9.88. The topological polar surface area (TPSA) is 488 Å². The number of carbonyl (C=O) groups is 7. The molecule has 372 valence electrons. The van der Waals surface area contributed by atoms with Gasteiger partial charge in [-0.1, -0.05) is 0 Å². The first-order valence-electron chi connectivity index (χ1n) is 22.3. The van der Waals surface area contributed by atoms with Crippen LogP contribution < -0.4 is 105 Å². The van der Waals surface area contributed by atoms with Gasteiger partial charge in [0.05, 0.1) is 0 Å². The lowest BCUT2D eigenvalue weighted by Crippen LogP contribution is -2.59. The molecular weight excluding hydrogens is 835 g/mol. The Morgan fingerprint density at radius 3 is 0.828 bits per heavy atom. The number of hydrogen-bond donors (Lipinski definition) is 19. The van der Waals surface area contributed by atoms with Crippen LogP contribution in [0.4, 0.5) is 0 Å². The summed E-state index contributed by atoms with van der Waals surface area (Å²) in [6.45, 7) is 3.18. The van der Waals surface area contributed by atoms with Crippen molar-refractivity contribution in [2.45, 2.75) is 158 Å². The molecule has 3 unspecified atom stereocenters. The molecule has 0 aliphatic heterocycles. The van der Waals surface area contributed by atoms with Crippen LogP contribution in [0, 0.1) is 0 Å². The first kappa shape index (κ1) is 59.8. The van der Waals surface area contributed by atoms with E-state index in [1.165, 1.54) is 6.92 Å². The van der Waals surface area contributed by atoms with Gasteiger partial charge >= 0.3 is 0 Å². The molecule has 0 saturated heterocycles. The van der Waals surface area contributed by atoms with E-state index in [4.69, 9.17) is 57.3 Å². The summed E-state index contributed by atoms with van der Waals surface area (Å²) in [5.41, 5.74) is 56.2.